The Morgan fingerprint density at radius 3 is 2.45 bits per heavy atom. The summed E-state index contributed by atoms with van der Waals surface area (Å²) in [6.07, 6.45) is 3.18. The number of nitrogens with one attached hydrogen (secondary N) is 1. The Hall–Kier alpha value is -1.36. The van der Waals surface area contributed by atoms with Gasteiger partial charge in [-0.25, -0.2) is 8.78 Å². The molecule has 0 bridgehead atoms. The van der Waals surface area contributed by atoms with Crippen LogP contribution in [-0.4, -0.2) is 20.8 Å². The fraction of sp³-hybridized carbons (Fsp3) is 0.600. The molecular formula is C15H21F2NO2. The van der Waals surface area contributed by atoms with Crippen LogP contribution in [0.15, 0.2) is 12.1 Å². The molecule has 112 valence electrons. The largest absolute Gasteiger partial charge is 0.493 e. The van der Waals surface area contributed by atoms with Gasteiger partial charge in [0.2, 0.25) is 0 Å². The number of ether oxygens (including phenoxy) is 2. The molecule has 1 unspecified atom stereocenters. The van der Waals surface area contributed by atoms with E-state index < -0.39 is 5.92 Å². The summed E-state index contributed by atoms with van der Waals surface area (Å²) in [5.74, 6) is -2.50. The summed E-state index contributed by atoms with van der Waals surface area (Å²) < 4.78 is 37.9. The van der Waals surface area contributed by atoms with Gasteiger partial charge in [-0.05, 0) is 37.1 Å². The molecule has 1 aromatic rings. The first kappa shape index (κ1) is 15.0. The number of methoxy groups -OCH3 is 2. The number of piperidine rings is 1. The summed E-state index contributed by atoms with van der Waals surface area (Å²) in [6, 6.07) is 3.42. The Kier molecular flexibility index (Phi) is 4.48. The zero-order valence-electron chi connectivity index (χ0n) is 12.1. The number of benzene rings is 1. The second-order valence-electron chi connectivity index (χ2n) is 5.19. The van der Waals surface area contributed by atoms with Gasteiger partial charge in [-0.15, -0.1) is 0 Å². The molecular weight excluding hydrogens is 264 g/mol. The van der Waals surface area contributed by atoms with Crippen molar-refractivity contribution in [1.29, 1.82) is 0 Å². The Balaban J connectivity index is 2.48. The first-order chi connectivity index (χ1) is 9.47. The van der Waals surface area contributed by atoms with Gasteiger partial charge in [0.05, 0.1) is 19.8 Å². The smallest absolute Gasteiger partial charge is 0.274 e. The summed E-state index contributed by atoms with van der Waals surface area (Å²) in [5, 5.41) is 3.36. The molecule has 1 N–H and O–H groups in total. The van der Waals surface area contributed by atoms with Gasteiger partial charge in [0.25, 0.3) is 5.92 Å². The Bertz CT molecular complexity index is 466. The topological polar surface area (TPSA) is 30.5 Å². The zero-order valence-corrected chi connectivity index (χ0v) is 12.1. The van der Waals surface area contributed by atoms with Crippen molar-refractivity contribution in [2.45, 2.75) is 38.2 Å². The van der Waals surface area contributed by atoms with Gasteiger partial charge in [-0.3, -0.25) is 0 Å². The van der Waals surface area contributed by atoms with Crippen LogP contribution < -0.4 is 14.8 Å². The standard InChI is InChI=1S/C15H21F2NO2/c1-15(16,17)11-8-10(12-6-4-5-7-18-12)9-13(19-2)14(11)20-3/h8-9,12,18H,4-7H2,1-3H3. The lowest BCUT2D eigenvalue weighted by Crippen LogP contribution is -2.27. The molecule has 0 amide bonds. The third-order valence-electron chi connectivity index (χ3n) is 3.69. The highest BCUT2D eigenvalue weighted by molar-refractivity contribution is 5.52. The van der Waals surface area contributed by atoms with E-state index in [-0.39, 0.29) is 17.4 Å². The van der Waals surface area contributed by atoms with Crippen LogP contribution in [0.4, 0.5) is 8.78 Å². The summed E-state index contributed by atoms with van der Waals surface area (Å²) in [7, 11) is 2.85. The molecule has 20 heavy (non-hydrogen) atoms. The van der Waals surface area contributed by atoms with Crippen LogP contribution in [0.1, 0.15) is 43.4 Å². The van der Waals surface area contributed by atoms with E-state index in [9.17, 15) is 8.78 Å². The molecule has 0 saturated carbocycles. The van der Waals surface area contributed by atoms with Crippen LogP contribution in [0.5, 0.6) is 11.5 Å². The molecule has 1 fully saturated rings. The van der Waals surface area contributed by atoms with Crippen molar-refractivity contribution in [3.05, 3.63) is 23.3 Å². The average Bonchev–Trinajstić information content (AvgIpc) is 2.45. The van der Waals surface area contributed by atoms with Gasteiger partial charge in [0.1, 0.15) is 0 Å². The maximum atomic E-state index is 13.8. The molecule has 1 aliphatic heterocycles. The first-order valence-electron chi connectivity index (χ1n) is 6.85. The SMILES string of the molecule is COc1cc(C2CCCCN2)cc(C(C)(F)F)c1OC. The molecule has 1 aromatic carbocycles. The van der Waals surface area contributed by atoms with Crippen molar-refractivity contribution in [2.24, 2.45) is 0 Å². The molecule has 5 heteroatoms. The van der Waals surface area contributed by atoms with Crippen LogP contribution in [-0.2, 0) is 5.92 Å². The van der Waals surface area contributed by atoms with Crippen molar-refractivity contribution in [3.63, 3.8) is 0 Å². The minimum atomic E-state index is -2.97. The van der Waals surface area contributed by atoms with Gasteiger partial charge in [0.15, 0.2) is 11.5 Å². The van der Waals surface area contributed by atoms with Crippen LogP contribution in [0, 0.1) is 0 Å². The molecule has 2 rings (SSSR count). The molecule has 3 nitrogen and oxygen atoms in total. The van der Waals surface area contributed by atoms with E-state index in [1.54, 1.807) is 6.07 Å². The van der Waals surface area contributed by atoms with E-state index in [1.807, 2.05) is 0 Å². The highest BCUT2D eigenvalue weighted by atomic mass is 19.3. The predicted octanol–water partition coefficient (Wildman–Crippen LogP) is 3.63. The second kappa shape index (κ2) is 5.95. The molecule has 1 heterocycles. The molecule has 0 spiro atoms. The van der Waals surface area contributed by atoms with E-state index in [1.165, 1.54) is 20.3 Å². The van der Waals surface area contributed by atoms with Crippen LogP contribution in [0.25, 0.3) is 0 Å². The van der Waals surface area contributed by atoms with Gasteiger partial charge in [0, 0.05) is 13.0 Å². The van der Waals surface area contributed by atoms with E-state index in [2.05, 4.69) is 5.32 Å². The molecule has 0 aromatic heterocycles. The molecule has 1 aliphatic rings. The van der Waals surface area contributed by atoms with Crippen molar-refractivity contribution in [2.75, 3.05) is 20.8 Å². The number of hydrogen-bond acceptors (Lipinski definition) is 3. The predicted molar refractivity (Wildman–Crippen MR) is 73.7 cm³/mol. The number of hydrogen-bond donors (Lipinski definition) is 1. The van der Waals surface area contributed by atoms with Gasteiger partial charge in [-0.2, -0.15) is 0 Å². The third kappa shape index (κ3) is 3.03. The molecule has 1 atom stereocenters. The molecule has 0 aliphatic carbocycles. The van der Waals surface area contributed by atoms with Gasteiger partial charge < -0.3 is 14.8 Å². The first-order valence-corrected chi connectivity index (χ1v) is 6.85. The van der Waals surface area contributed by atoms with Gasteiger partial charge >= 0.3 is 0 Å². The highest BCUT2D eigenvalue weighted by Gasteiger charge is 2.32. The monoisotopic (exact) mass is 285 g/mol. The minimum absolute atomic E-state index is 0.102. The third-order valence-corrected chi connectivity index (χ3v) is 3.69. The van der Waals surface area contributed by atoms with E-state index in [4.69, 9.17) is 9.47 Å². The maximum absolute atomic E-state index is 13.8. The second-order valence-corrected chi connectivity index (χ2v) is 5.19. The number of halogens is 2. The summed E-state index contributed by atoms with van der Waals surface area (Å²) in [5.41, 5.74) is 0.709. The fourth-order valence-electron chi connectivity index (χ4n) is 2.65. The maximum Gasteiger partial charge on any atom is 0.274 e. The van der Waals surface area contributed by atoms with Crippen molar-refractivity contribution in [3.8, 4) is 11.5 Å². The normalized spacial score (nSPS) is 19.8. The van der Waals surface area contributed by atoms with E-state index >= 15 is 0 Å². The Morgan fingerprint density at radius 1 is 1.20 bits per heavy atom. The van der Waals surface area contributed by atoms with Crippen molar-refractivity contribution < 1.29 is 18.3 Å². The quantitative estimate of drug-likeness (QED) is 0.916. The lowest BCUT2D eigenvalue weighted by molar-refractivity contribution is 0.0146. The van der Waals surface area contributed by atoms with Crippen LogP contribution >= 0.6 is 0 Å². The average molecular weight is 285 g/mol. The Labute approximate surface area is 118 Å². The van der Waals surface area contributed by atoms with Crippen molar-refractivity contribution in [1.82, 2.24) is 5.32 Å². The minimum Gasteiger partial charge on any atom is -0.493 e. The molecule has 1 saturated heterocycles. The van der Waals surface area contributed by atoms with Crippen LogP contribution in [0.2, 0.25) is 0 Å². The summed E-state index contributed by atoms with van der Waals surface area (Å²) >= 11 is 0. The molecule has 0 radical (unpaired) electrons. The summed E-state index contributed by atoms with van der Waals surface area (Å²) in [6.45, 7) is 1.79. The zero-order chi connectivity index (χ0) is 14.8. The number of rotatable bonds is 4. The van der Waals surface area contributed by atoms with Crippen molar-refractivity contribution >= 4 is 0 Å². The fourth-order valence-corrected chi connectivity index (χ4v) is 2.65. The summed E-state index contributed by atoms with van der Waals surface area (Å²) in [4.78, 5) is 0. The lowest BCUT2D eigenvalue weighted by Gasteiger charge is -2.26. The van der Waals surface area contributed by atoms with Gasteiger partial charge in [-0.1, -0.05) is 6.42 Å². The number of alkyl halides is 2. The Morgan fingerprint density at radius 2 is 1.95 bits per heavy atom. The van der Waals surface area contributed by atoms with Crippen LogP contribution in [0.3, 0.4) is 0 Å². The highest BCUT2D eigenvalue weighted by Crippen LogP contribution is 2.43. The lowest BCUT2D eigenvalue weighted by atomic mass is 9.94. The van der Waals surface area contributed by atoms with E-state index in [0.29, 0.717) is 5.75 Å². The van der Waals surface area contributed by atoms with E-state index in [0.717, 1.165) is 38.3 Å².